The zero-order chi connectivity index (χ0) is 14.4. The Bertz CT molecular complexity index is 465. The average Bonchev–Trinajstić information content (AvgIpc) is 2.36. The molecule has 1 rings (SSSR count). The van der Waals surface area contributed by atoms with Crippen LogP contribution in [0.3, 0.4) is 0 Å². The Balaban J connectivity index is 2.70. The lowest BCUT2D eigenvalue weighted by atomic mass is 10.2. The molecule has 5 nitrogen and oxygen atoms in total. The number of hydrogen-bond donors (Lipinski definition) is 2. The van der Waals surface area contributed by atoms with E-state index in [2.05, 4.69) is 5.32 Å². The van der Waals surface area contributed by atoms with Gasteiger partial charge in [0, 0.05) is 18.8 Å². The lowest BCUT2D eigenvalue weighted by molar-refractivity contribution is -0.140. The van der Waals surface area contributed by atoms with Crippen molar-refractivity contribution in [2.45, 2.75) is 13.8 Å². The van der Waals surface area contributed by atoms with Crippen molar-refractivity contribution in [3.05, 3.63) is 30.1 Å². The van der Waals surface area contributed by atoms with Crippen molar-refractivity contribution in [3.63, 3.8) is 0 Å². The number of carboxylic acid groups (broad SMARTS) is 1. The molecule has 1 unspecified atom stereocenters. The fourth-order valence-corrected chi connectivity index (χ4v) is 1.51. The smallest absolute Gasteiger partial charge is 0.321 e. The van der Waals surface area contributed by atoms with E-state index in [4.69, 9.17) is 5.11 Å². The Hall–Kier alpha value is -2.11. The Labute approximate surface area is 111 Å². The number of rotatable bonds is 5. The van der Waals surface area contributed by atoms with Gasteiger partial charge in [0.25, 0.3) is 0 Å². The van der Waals surface area contributed by atoms with Gasteiger partial charge in [-0.25, -0.2) is 9.18 Å². The van der Waals surface area contributed by atoms with E-state index in [-0.39, 0.29) is 6.54 Å². The van der Waals surface area contributed by atoms with Crippen LogP contribution >= 0.6 is 0 Å². The largest absolute Gasteiger partial charge is 0.481 e. The molecule has 2 N–H and O–H groups in total. The van der Waals surface area contributed by atoms with E-state index in [1.165, 1.54) is 30.0 Å². The summed E-state index contributed by atoms with van der Waals surface area (Å²) in [6.45, 7) is 3.64. The molecule has 0 fully saturated rings. The summed E-state index contributed by atoms with van der Waals surface area (Å²) in [6, 6.07) is 5.24. The zero-order valence-corrected chi connectivity index (χ0v) is 10.9. The Kier molecular flexibility index (Phi) is 5.29. The predicted octanol–water partition coefficient (Wildman–Crippen LogP) is 2.08. The molecule has 104 valence electrons. The summed E-state index contributed by atoms with van der Waals surface area (Å²) in [5.74, 6) is -2.08. The fraction of sp³-hybridized carbons (Fsp3) is 0.385. The quantitative estimate of drug-likeness (QED) is 0.859. The summed E-state index contributed by atoms with van der Waals surface area (Å²) in [4.78, 5) is 23.9. The van der Waals surface area contributed by atoms with E-state index in [0.717, 1.165) is 0 Å². The number of carbonyl (C=O) groups is 2. The van der Waals surface area contributed by atoms with E-state index < -0.39 is 23.7 Å². The number of carboxylic acids is 1. The third-order valence-corrected chi connectivity index (χ3v) is 2.66. The molecule has 19 heavy (non-hydrogen) atoms. The highest BCUT2D eigenvalue weighted by Gasteiger charge is 2.17. The van der Waals surface area contributed by atoms with E-state index in [9.17, 15) is 14.0 Å². The highest BCUT2D eigenvalue weighted by Crippen LogP contribution is 2.15. The van der Waals surface area contributed by atoms with Crippen LogP contribution in [0.1, 0.15) is 13.8 Å². The first-order chi connectivity index (χ1) is 8.95. The van der Waals surface area contributed by atoms with Crippen molar-refractivity contribution < 1.29 is 19.1 Å². The van der Waals surface area contributed by atoms with Gasteiger partial charge in [0.1, 0.15) is 5.82 Å². The predicted molar refractivity (Wildman–Crippen MR) is 69.6 cm³/mol. The number of halogens is 1. The summed E-state index contributed by atoms with van der Waals surface area (Å²) in [5, 5.41) is 11.2. The summed E-state index contributed by atoms with van der Waals surface area (Å²) in [6.07, 6.45) is 0. The molecule has 6 heteroatoms. The second kappa shape index (κ2) is 6.72. The standard InChI is InChI=1S/C13H17FN2O3/c1-3-16(11-6-4-5-10(14)7-11)13(19)15-8-9(2)12(17)18/h4-7,9H,3,8H2,1-2H3,(H,15,19)(H,17,18). The maximum absolute atomic E-state index is 13.1. The van der Waals surface area contributed by atoms with E-state index >= 15 is 0 Å². The van der Waals surface area contributed by atoms with Crippen molar-refractivity contribution in [3.8, 4) is 0 Å². The topological polar surface area (TPSA) is 69.6 Å². The third kappa shape index (κ3) is 4.24. The molecule has 2 amide bonds. The monoisotopic (exact) mass is 268 g/mol. The molecule has 0 saturated carbocycles. The van der Waals surface area contributed by atoms with Gasteiger partial charge in [0.05, 0.1) is 5.92 Å². The first kappa shape index (κ1) is 14.9. The van der Waals surface area contributed by atoms with Crippen LogP contribution in [0.5, 0.6) is 0 Å². The summed E-state index contributed by atoms with van der Waals surface area (Å²) in [5.41, 5.74) is 0.433. The van der Waals surface area contributed by atoms with Crippen LogP contribution in [0.4, 0.5) is 14.9 Å². The second-order valence-corrected chi connectivity index (χ2v) is 4.15. The van der Waals surface area contributed by atoms with Gasteiger partial charge in [-0.1, -0.05) is 13.0 Å². The Morgan fingerprint density at radius 3 is 2.68 bits per heavy atom. The SMILES string of the molecule is CCN(C(=O)NCC(C)C(=O)O)c1cccc(F)c1. The molecule has 0 aliphatic carbocycles. The Morgan fingerprint density at radius 1 is 1.47 bits per heavy atom. The second-order valence-electron chi connectivity index (χ2n) is 4.15. The van der Waals surface area contributed by atoms with E-state index in [1.54, 1.807) is 13.0 Å². The van der Waals surface area contributed by atoms with Crippen LogP contribution in [0.2, 0.25) is 0 Å². The average molecular weight is 268 g/mol. The van der Waals surface area contributed by atoms with Gasteiger partial charge in [-0.3, -0.25) is 9.69 Å². The molecular formula is C13H17FN2O3. The molecule has 0 heterocycles. The molecule has 0 bridgehead atoms. The molecule has 0 aliphatic heterocycles. The normalized spacial score (nSPS) is 11.7. The summed E-state index contributed by atoms with van der Waals surface area (Å²) in [7, 11) is 0. The van der Waals surface area contributed by atoms with E-state index in [1.807, 2.05) is 0 Å². The molecule has 0 radical (unpaired) electrons. The van der Waals surface area contributed by atoms with Crippen molar-refractivity contribution in [1.82, 2.24) is 5.32 Å². The number of benzene rings is 1. The minimum absolute atomic E-state index is 0.0278. The summed E-state index contributed by atoms with van der Waals surface area (Å²) >= 11 is 0. The number of aliphatic carboxylic acids is 1. The van der Waals surface area contributed by atoms with Gasteiger partial charge in [0.2, 0.25) is 0 Å². The Morgan fingerprint density at radius 2 is 2.16 bits per heavy atom. The minimum atomic E-state index is -0.978. The molecule has 0 aromatic heterocycles. The number of nitrogens with one attached hydrogen (secondary N) is 1. The van der Waals surface area contributed by atoms with Crippen molar-refractivity contribution >= 4 is 17.7 Å². The number of carbonyl (C=O) groups excluding carboxylic acids is 1. The summed E-state index contributed by atoms with van der Waals surface area (Å²) < 4.78 is 13.1. The van der Waals surface area contributed by atoms with Crippen LogP contribution in [-0.2, 0) is 4.79 Å². The lowest BCUT2D eigenvalue weighted by Crippen LogP contribution is -2.42. The van der Waals surface area contributed by atoms with Crippen molar-refractivity contribution in [2.24, 2.45) is 5.92 Å². The van der Waals surface area contributed by atoms with Crippen LogP contribution < -0.4 is 10.2 Å². The molecule has 1 atom stereocenters. The van der Waals surface area contributed by atoms with E-state index in [0.29, 0.717) is 12.2 Å². The van der Waals surface area contributed by atoms with Gasteiger partial charge in [0.15, 0.2) is 0 Å². The molecule has 1 aromatic rings. The number of anilines is 1. The lowest BCUT2D eigenvalue weighted by Gasteiger charge is -2.22. The number of amides is 2. The van der Waals surface area contributed by atoms with Gasteiger partial charge >= 0.3 is 12.0 Å². The van der Waals surface area contributed by atoms with Crippen LogP contribution in [0.25, 0.3) is 0 Å². The fourth-order valence-electron chi connectivity index (χ4n) is 1.51. The number of nitrogens with zero attached hydrogens (tertiary/aromatic N) is 1. The van der Waals surface area contributed by atoms with Crippen molar-refractivity contribution in [2.75, 3.05) is 18.0 Å². The first-order valence-corrected chi connectivity index (χ1v) is 5.99. The van der Waals surface area contributed by atoms with Crippen LogP contribution in [0, 0.1) is 11.7 Å². The molecule has 1 aromatic carbocycles. The van der Waals surface area contributed by atoms with Gasteiger partial charge in [-0.2, -0.15) is 0 Å². The maximum atomic E-state index is 13.1. The third-order valence-electron chi connectivity index (χ3n) is 2.66. The molecular weight excluding hydrogens is 251 g/mol. The maximum Gasteiger partial charge on any atom is 0.321 e. The highest BCUT2D eigenvalue weighted by molar-refractivity contribution is 5.92. The molecule has 0 aliphatic rings. The number of hydrogen-bond acceptors (Lipinski definition) is 2. The number of urea groups is 1. The molecule has 0 saturated heterocycles. The zero-order valence-electron chi connectivity index (χ0n) is 10.9. The van der Waals surface area contributed by atoms with Crippen molar-refractivity contribution in [1.29, 1.82) is 0 Å². The highest BCUT2D eigenvalue weighted by atomic mass is 19.1. The first-order valence-electron chi connectivity index (χ1n) is 5.99. The minimum Gasteiger partial charge on any atom is -0.481 e. The van der Waals surface area contributed by atoms with Crippen LogP contribution in [0.15, 0.2) is 24.3 Å². The van der Waals surface area contributed by atoms with Gasteiger partial charge in [-0.05, 0) is 25.1 Å². The van der Waals surface area contributed by atoms with Gasteiger partial charge in [-0.15, -0.1) is 0 Å². The van der Waals surface area contributed by atoms with Crippen LogP contribution in [-0.4, -0.2) is 30.2 Å². The molecule has 0 spiro atoms. The van der Waals surface area contributed by atoms with Gasteiger partial charge < -0.3 is 10.4 Å².